The van der Waals surface area contributed by atoms with Crippen LogP contribution < -0.4 is 15.5 Å². The molecule has 0 aliphatic heterocycles. The predicted molar refractivity (Wildman–Crippen MR) is 101 cm³/mol. The zero-order chi connectivity index (χ0) is 17.2. The molecule has 0 saturated heterocycles. The molecule has 5 nitrogen and oxygen atoms in total. The molecule has 3 aromatic rings. The molecule has 0 amide bonds. The highest BCUT2D eigenvalue weighted by Gasteiger charge is 2.23. The van der Waals surface area contributed by atoms with Crippen molar-refractivity contribution < 1.29 is 9.84 Å². The van der Waals surface area contributed by atoms with Crippen molar-refractivity contribution >= 4 is 40.0 Å². The normalized spacial score (nSPS) is 20.5. The number of benzene rings is 1. The van der Waals surface area contributed by atoms with Gasteiger partial charge in [-0.05, 0) is 36.5 Å². The Morgan fingerprint density at radius 3 is 2.96 bits per heavy atom. The van der Waals surface area contributed by atoms with Crippen molar-refractivity contribution in [2.24, 2.45) is 0 Å². The molecule has 2 radical (unpaired) electrons. The monoisotopic (exact) mass is 351 g/mol. The highest BCUT2D eigenvalue weighted by Crippen LogP contribution is 2.32. The number of thiazole rings is 1. The van der Waals surface area contributed by atoms with E-state index in [-0.39, 0.29) is 12.1 Å². The van der Waals surface area contributed by atoms with Gasteiger partial charge in [-0.25, -0.2) is 4.98 Å². The molecule has 0 unspecified atom stereocenters. The summed E-state index contributed by atoms with van der Waals surface area (Å²) < 4.78 is 6.87. The topological polar surface area (TPSA) is 67.3 Å². The summed E-state index contributed by atoms with van der Waals surface area (Å²) >= 11 is 1.56. The van der Waals surface area contributed by atoms with Gasteiger partial charge in [-0.2, -0.15) is 0 Å². The van der Waals surface area contributed by atoms with E-state index in [9.17, 15) is 5.11 Å². The van der Waals surface area contributed by atoms with Crippen molar-refractivity contribution in [2.75, 3.05) is 5.32 Å². The molecule has 1 fully saturated rings. The number of nitrogens with zero attached hydrogens (tertiary/aromatic N) is 2. The number of aliphatic hydroxyl groups excluding tert-OH is 1. The zero-order valence-corrected chi connectivity index (χ0v) is 14.5. The summed E-state index contributed by atoms with van der Waals surface area (Å²) in [5.74, 6) is 1.29. The second-order valence-electron chi connectivity index (χ2n) is 6.27. The minimum Gasteiger partial charge on any atom is -0.458 e. The molecule has 2 aromatic heterocycles. The molecule has 4 rings (SSSR count). The van der Waals surface area contributed by atoms with E-state index in [0.717, 1.165) is 41.0 Å². The average molecular weight is 351 g/mol. The lowest BCUT2D eigenvalue weighted by atomic mass is 9.93. The molecule has 126 valence electrons. The van der Waals surface area contributed by atoms with Crippen LogP contribution in [0.3, 0.4) is 0 Å². The van der Waals surface area contributed by atoms with Gasteiger partial charge in [0.25, 0.3) is 0 Å². The number of anilines is 1. The van der Waals surface area contributed by atoms with Crippen LogP contribution in [0.25, 0.3) is 10.2 Å². The Morgan fingerprint density at radius 2 is 2.12 bits per heavy atom. The van der Waals surface area contributed by atoms with Crippen molar-refractivity contribution in [1.82, 2.24) is 9.97 Å². The lowest BCUT2D eigenvalue weighted by Gasteiger charge is -2.27. The van der Waals surface area contributed by atoms with E-state index < -0.39 is 0 Å². The zero-order valence-electron chi connectivity index (χ0n) is 13.7. The largest absolute Gasteiger partial charge is 0.458 e. The predicted octanol–water partition coefficient (Wildman–Crippen LogP) is 2.99. The maximum absolute atomic E-state index is 10.1. The number of pyridine rings is 1. The molecule has 25 heavy (non-hydrogen) atoms. The van der Waals surface area contributed by atoms with Gasteiger partial charge in [0, 0.05) is 18.5 Å². The summed E-state index contributed by atoms with van der Waals surface area (Å²) in [5.41, 5.74) is 1.41. The molecule has 1 aromatic carbocycles. The van der Waals surface area contributed by atoms with E-state index in [0.29, 0.717) is 17.0 Å². The van der Waals surface area contributed by atoms with E-state index in [4.69, 9.17) is 12.6 Å². The molecular formula is C18H18BN3O2S. The summed E-state index contributed by atoms with van der Waals surface area (Å²) in [6.07, 6.45) is 6.99. The Kier molecular flexibility index (Phi) is 4.59. The average Bonchev–Trinajstić information content (AvgIpc) is 3.01. The minimum atomic E-state index is -0.297. The van der Waals surface area contributed by atoms with Gasteiger partial charge in [0.1, 0.15) is 19.3 Å². The maximum atomic E-state index is 10.1. The third-order valence-electron chi connectivity index (χ3n) is 4.44. The second-order valence-corrected chi connectivity index (χ2v) is 7.30. The number of nitrogens with one attached hydrogen (secondary N) is 1. The number of hydrogen-bond acceptors (Lipinski definition) is 6. The van der Waals surface area contributed by atoms with Crippen molar-refractivity contribution in [3.8, 4) is 11.5 Å². The van der Waals surface area contributed by atoms with Crippen LogP contribution in [-0.4, -0.2) is 35.1 Å². The van der Waals surface area contributed by atoms with E-state index in [1.807, 2.05) is 18.2 Å². The first-order valence-corrected chi connectivity index (χ1v) is 9.23. The fraction of sp³-hybridized carbons (Fsp3) is 0.333. The van der Waals surface area contributed by atoms with Gasteiger partial charge < -0.3 is 15.2 Å². The van der Waals surface area contributed by atoms with Crippen molar-refractivity contribution in [2.45, 2.75) is 37.8 Å². The molecule has 1 saturated carbocycles. The van der Waals surface area contributed by atoms with Crippen molar-refractivity contribution in [3.63, 3.8) is 0 Å². The Balaban J connectivity index is 1.54. The van der Waals surface area contributed by atoms with E-state index in [1.54, 1.807) is 29.8 Å². The summed E-state index contributed by atoms with van der Waals surface area (Å²) in [7, 11) is 5.87. The molecule has 0 bridgehead atoms. The van der Waals surface area contributed by atoms with E-state index >= 15 is 0 Å². The second kappa shape index (κ2) is 7.02. The molecule has 2 heterocycles. The van der Waals surface area contributed by atoms with Gasteiger partial charge in [-0.3, -0.25) is 4.98 Å². The molecular weight excluding hydrogens is 333 g/mol. The fourth-order valence-corrected chi connectivity index (χ4v) is 4.04. The molecule has 2 N–H and O–H groups in total. The highest BCUT2D eigenvalue weighted by molar-refractivity contribution is 7.22. The van der Waals surface area contributed by atoms with Crippen LogP contribution in [0.15, 0.2) is 36.7 Å². The summed E-state index contributed by atoms with van der Waals surface area (Å²) in [6, 6.07) is 7.59. The Morgan fingerprint density at radius 1 is 1.24 bits per heavy atom. The van der Waals surface area contributed by atoms with Crippen LogP contribution in [0, 0.1) is 0 Å². The Hall–Kier alpha value is -2.12. The number of rotatable bonds is 4. The van der Waals surface area contributed by atoms with Crippen LogP contribution >= 0.6 is 11.3 Å². The fourth-order valence-electron chi connectivity index (χ4n) is 3.08. The molecule has 0 spiro atoms. The lowest BCUT2D eigenvalue weighted by Crippen LogP contribution is -2.36. The van der Waals surface area contributed by atoms with Gasteiger partial charge in [-0.1, -0.05) is 24.2 Å². The Labute approximate surface area is 151 Å². The van der Waals surface area contributed by atoms with Gasteiger partial charge in [0.2, 0.25) is 0 Å². The number of ether oxygens (including phenoxy) is 1. The molecule has 1 aliphatic rings. The van der Waals surface area contributed by atoms with E-state index in [1.165, 1.54) is 0 Å². The maximum Gasteiger partial charge on any atom is 0.184 e. The number of hydrogen-bond donors (Lipinski definition) is 2. The van der Waals surface area contributed by atoms with E-state index in [2.05, 4.69) is 15.3 Å². The molecule has 7 heteroatoms. The van der Waals surface area contributed by atoms with Gasteiger partial charge >= 0.3 is 0 Å². The first-order chi connectivity index (χ1) is 12.2. The summed E-state index contributed by atoms with van der Waals surface area (Å²) in [4.78, 5) is 8.57. The van der Waals surface area contributed by atoms with Crippen LogP contribution in [0.5, 0.6) is 11.5 Å². The smallest absolute Gasteiger partial charge is 0.184 e. The quantitative estimate of drug-likeness (QED) is 0.708. The third-order valence-corrected chi connectivity index (χ3v) is 5.39. The molecule has 1 aliphatic carbocycles. The third kappa shape index (κ3) is 3.62. The van der Waals surface area contributed by atoms with Crippen LogP contribution in [0.2, 0.25) is 0 Å². The van der Waals surface area contributed by atoms with Gasteiger partial charge in [0.05, 0.1) is 22.4 Å². The first kappa shape index (κ1) is 16.4. The van der Waals surface area contributed by atoms with Crippen LogP contribution in [0.4, 0.5) is 5.13 Å². The SMILES string of the molecule is [B]c1cnccc1Oc1ccc2nc(N[C@@H]3CCCC[C@H]3O)sc2c1. The molecule has 2 atom stereocenters. The van der Waals surface area contributed by atoms with Gasteiger partial charge in [0.15, 0.2) is 5.13 Å². The van der Waals surface area contributed by atoms with Crippen LogP contribution in [0.1, 0.15) is 25.7 Å². The van der Waals surface area contributed by atoms with Crippen molar-refractivity contribution in [1.29, 1.82) is 0 Å². The highest BCUT2D eigenvalue weighted by atomic mass is 32.1. The van der Waals surface area contributed by atoms with Crippen LogP contribution in [-0.2, 0) is 0 Å². The van der Waals surface area contributed by atoms with Crippen molar-refractivity contribution in [3.05, 3.63) is 36.7 Å². The summed E-state index contributed by atoms with van der Waals surface area (Å²) in [5, 5.41) is 14.3. The first-order valence-electron chi connectivity index (χ1n) is 8.41. The summed E-state index contributed by atoms with van der Waals surface area (Å²) in [6.45, 7) is 0. The Bertz CT molecular complexity index is 886. The number of fused-ring (bicyclic) bond motifs is 1. The van der Waals surface area contributed by atoms with Gasteiger partial charge in [-0.15, -0.1) is 0 Å². The number of aliphatic hydroxyl groups is 1. The lowest BCUT2D eigenvalue weighted by molar-refractivity contribution is 0.116. The standard InChI is InChI=1S/C18H18BN3O2S/c19-12-10-20-8-7-16(12)24-11-5-6-14-17(9-11)25-18(22-14)21-13-3-1-2-4-15(13)23/h5-10,13,15,23H,1-4H2,(H,21,22)/t13-,15-/m1/s1. The minimum absolute atomic E-state index is 0.0849. The number of aromatic nitrogens is 2.